The van der Waals surface area contributed by atoms with E-state index in [0.29, 0.717) is 11.4 Å². The number of hydrogen-bond donors (Lipinski definition) is 1. The summed E-state index contributed by atoms with van der Waals surface area (Å²) < 4.78 is 14.0. The molecule has 0 bridgehead atoms. The van der Waals surface area contributed by atoms with Crippen LogP contribution in [0, 0.1) is 6.92 Å². The largest absolute Gasteiger partial charge is 0.398 e. The smallest absolute Gasteiger partial charge is 0.0620 e. The van der Waals surface area contributed by atoms with Crippen molar-refractivity contribution in [3.63, 3.8) is 0 Å². The number of aryl methyl sites for hydroxylation is 3. The van der Waals surface area contributed by atoms with Crippen molar-refractivity contribution in [1.29, 1.82) is 0 Å². The number of benzene rings is 1. The van der Waals surface area contributed by atoms with E-state index in [1.54, 1.807) is 10.9 Å². The van der Waals surface area contributed by atoms with E-state index >= 15 is 0 Å². The molecule has 4 nitrogen and oxygen atoms in total. The number of rotatable bonds is 4. The number of hydrogen-bond acceptors (Lipinski definition) is 3. The molecular weight excluding hydrogens is 246 g/mol. The number of aromatic nitrogens is 2. The predicted molar refractivity (Wildman–Crippen MR) is 73.8 cm³/mol. The molecule has 1 heterocycles. The molecule has 96 valence electrons. The Balaban J connectivity index is 2.09. The molecule has 0 amide bonds. The fourth-order valence-corrected chi connectivity index (χ4v) is 3.06. The Labute approximate surface area is 109 Å². The third-order valence-electron chi connectivity index (χ3n) is 3.00. The molecule has 0 radical (unpaired) electrons. The minimum absolute atomic E-state index is 0.563. The second kappa shape index (κ2) is 5.35. The van der Waals surface area contributed by atoms with Crippen molar-refractivity contribution in [1.82, 2.24) is 9.78 Å². The normalized spacial score (nSPS) is 12.6. The average molecular weight is 263 g/mol. The molecule has 0 fully saturated rings. The lowest BCUT2D eigenvalue weighted by Gasteiger charge is -2.08. The van der Waals surface area contributed by atoms with Crippen molar-refractivity contribution >= 4 is 16.5 Å². The molecular formula is C13H17N3OS. The number of nitrogen functional groups attached to an aromatic ring is 1. The SMILES string of the molecule is Cc1cccc(S(=O)CCc2ccnn2C)c1N. The van der Waals surface area contributed by atoms with Crippen LogP contribution in [-0.4, -0.2) is 19.7 Å². The molecule has 2 N–H and O–H groups in total. The van der Waals surface area contributed by atoms with Gasteiger partial charge in [-0.3, -0.25) is 8.89 Å². The Hall–Kier alpha value is -1.62. The zero-order valence-electron chi connectivity index (χ0n) is 10.6. The topological polar surface area (TPSA) is 60.9 Å². The Morgan fingerprint density at radius 2 is 2.17 bits per heavy atom. The summed E-state index contributed by atoms with van der Waals surface area (Å²) >= 11 is 0. The van der Waals surface area contributed by atoms with Crippen molar-refractivity contribution in [3.05, 3.63) is 41.7 Å². The van der Waals surface area contributed by atoms with Crippen molar-refractivity contribution in [3.8, 4) is 0 Å². The molecule has 2 rings (SSSR count). The van der Waals surface area contributed by atoms with Gasteiger partial charge in [0.2, 0.25) is 0 Å². The highest BCUT2D eigenvalue weighted by atomic mass is 32.2. The minimum Gasteiger partial charge on any atom is -0.398 e. The number of nitrogens with two attached hydrogens (primary N) is 1. The van der Waals surface area contributed by atoms with Crippen LogP contribution in [0.15, 0.2) is 35.4 Å². The van der Waals surface area contributed by atoms with Crippen molar-refractivity contribution in [2.45, 2.75) is 18.2 Å². The van der Waals surface area contributed by atoms with Crippen LogP contribution in [0.1, 0.15) is 11.3 Å². The van der Waals surface area contributed by atoms with Gasteiger partial charge in [-0.05, 0) is 24.6 Å². The summed E-state index contributed by atoms with van der Waals surface area (Å²) in [5.41, 5.74) is 8.64. The summed E-state index contributed by atoms with van der Waals surface area (Å²) in [6, 6.07) is 7.60. The van der Waals surface area contributed by atoms with Crippen molar-refractivity contribution < 1.29 is 4.21 Å². The van der Waals surface area contributed by atoms with E-state index in [1.807, 2.05) is 38.2 Å². The average Bonchev–Trinajstić information content (AvgIpc) is 2.75. The fraction of sp³-hybridized carbons (Fsp3) is 0.308. The second-order valence-corrected chi connectivity index (χ2v) is 5.77. The highest BCUT2D eigenvalue weighted by molar-refractivity contribution is 7.85. The maximum absolute atomic E-state index is 12.2. The van der Waals surface area contributed by atoms with Gasteiger partial charge in [-0.15, -0.1) is 0 Å². The summed E-state index contributed by atoms with van der Waals surface area (Å²) in [5.74, 6) is 0.563. The van der Waals surface area contributed by atoms with E-state index in [9.17, 15) is 4.21 Å². The quantitative estimate of drug-likeness (QED) is 0.853. The number of anilines is 1. The van der Waals surface area contributed by atoms with E-state index in [4.69, 9.17) is 5.73 Å². The standard InChI is InChI=1S/C13H17N3OS/c1-10-4-3-5-12(13(10)14)18(17)9-7-11-6-8-15-16(11)2/h3-6,8H,7,9,14H2,1-2H3. The zero-order valence-corrected chi connectivity index (χ0v) is 11.4. The van der Waals surface area contributed by atoms with Gasteiger partial charge in [-0.1, -0.05) is 12.1 Å². The van der Waals surface area contributed by atoms with Gasteiger partial charge in [0.05, 0.1) is 21.4 Å². The van der Waals surface area contributed by atoms with Gasteiger partial charge < -0.3 is 5.73 Å². The van der Waals surface area contributed by atoms with Crippen LogP contribution in [-0.2, 0) is 24.3 Å². The molecule has 1 unspecified atom stereocenters. The molecule has 0 saturated carbocycles. The summed E-state index contributed by atoms with van der Waals surface area (Å²) in [6.07, 6.45) is 2.48. The molecule has 0 aliphatic heterocycles. The maximum Gasteiger partial charge on any atom is 0.0620 e. The van der Waals surface area contributed by atoms with E-state index in [1.165, 1.54) is 0 Å². The van der Waals surface area contributed by atoms with Gasteiger partial charge in [0, 0.05) is 31.1 Å². The zero-order chi connectivity index (χ0) is 13.1. The predicted octanol–water partition coefficient (Wildman–Crippen LogP) is 1.66. The molecule has 0 aliphatic carbocycles. The van der Waals surface area contributed by atoms with E-state index in [-0.39, 0.29) is 0 Å². The van der Waals surface area contributed by atoms with Crippen LogP contribution in [0.2, 0.25) is 0 Å². The molecule has 1 atom stereocenters. The molecule has 2 aromatic rings. The van der Waals surface area contributed by atoms with Gasteiger partial charge in [-0.2, -0.15) is 5.10 Å². The van der Waals surface area contributed by atoms with E-state index in [0.717, 1.165) is 22.6 Å². The fourth-order valence-electron chi connectivity index (χ4n) is 1.81. The molecule has 0 spiro atoms. The van der Waals surface area contributed by atoms with Crippen LogP contribution in [0.3, 0.4) is 0 Å². The van der Waals surface area contributed by atoms with Crippen LogP contribution >= 0.6 is 0 Å². The van der Waals surface area contributed by atoms with Crippen LogP contribution < -0.4 is 5.73 Å². The molecule has 1 aromatic heterocycles. The molecule has 5 heteroatoms. The van der Waals surface area contributed by atoms with Crippen molar-refractivity contribution in [2.24, 2.45) is 7.05 Å². The first-order valence-corrected chi connectivity index (χ1v) is 7.12. The first kappa shape index (κ1) is 12.8. The third kappa shape index (κ3) is 2.61. The first-order valence-electron chi connectivity index (χ1n) is 5.80. The number of nitrogens with zero attached hydrogens (tertiary/aromatic N) is 2. The minimum atomic E-state index is -1.06. The molecule has 1 aromatic carbocycles. The Kier molecular flexibility index (Phi) is 3.81. The van der Waals surface area contributed by atoms with Crippen LogP contribution in [0.5, 0.6) is 0 Å². The van der Waals surface area contributed by atoms with Crippen LogP contribution in [0.25, 0.3) is 0 Å². The lowest BCUT2D eigenvalue weighted by atomic mass is 10.2. The highest BCUT2D eigenvalue weighted by Crippen LogP contribution is 2.20. The van der Waals surface area contributed by atoms with Gasteiger partial charge in [0.15, 0.2) is 0 Å². The summed E-state index contributed by atoms with van der Waals surface area (Å²) in [7, 11) is 0.824. The number of para-hydroxylation sites is 1. The van der Waals surface area contributed by atoms with Crippen LogP contribution in [0.4, 0.5) is 5.69 Å². The molecule has 0 aliphatic rings. The third-order valence-corrected chi connectivity index (χ3v) is 4.42. The maximum atomic E-state index is 12.2. The Morgan fingerprint density at radius 1 is 1.39 bits per heavy atom. The first-order chi connectivity index (χ1) is 8.59. The lowest BCUT2D eigenvalue weighted by molar-refractivity contribution is 0.678. The van der Waals surface area contributed by atoms with Gasteiger partial charge in [0.1, 0.15) is 0 Å². The van der Waals surface area contributed by atoms with Gasteiger partial charge in [0.25, 0.3) is 0 Å². The van der Waals surface area contributed by atoms with E-state index < -0.39 is 10.8 Å². The second-order valence-electron chi connectivity index (χ2n) is 4.23. The highest BCUT2D eigenvalue weighted by Gasteiger charge is 2.10. The molecule has 0 saturated heterocycles. The van der Waals surface area contributed by atoms with Crippen molar-refractivity contribution in [2.75, 3.05) is 11.5 Å². The summed E-state index contributed by atoms with van der Waals surface area (Å²) in [5, 5.41) is 4.09. The monoisotopic (exact) mass is 263 g/mol. The Bertz CT molecular complexity index is 577. The van der Waals surface area contributed by atoms with Gasteiger partial charge in [-0.25, -0.2) is 0 Å². The summed E-state index contributed by atoms with van der Waals surface area (Å²) in [6.45, 7) is 1.93. The Morgan fingerprint density at radius 3 is 2.83 bits per heavy atom. The summed E-state index contributed by atoms with van der Waals surface area (Å²) in [4.78, 5) is 0.733. The lowest BCUT2D eigenvalue weighted by Crippen LogP contribution is -2.08. The van der Waals surface area contributed by atoms with Gasteiger partial charge >= 0.3 is 0 Å². The molecule has 18 heavy (non-hydrogen) atoms. The van der Waals surface area contributed by atoms with E-state index in [2.05, 4.69) is 5.10 Å².